The molecule has 1 aliphatic rings. The molecule has 0 amide bonds. The van der Waals surface area contributed by atoms with Gasteiger partial charge in [-0.2, -0.15) is 0 Å². The van der Waals surface area contributed by atoms with Gasteiger partial charge in [0.15, 0.2) is 0 Å². The maximum atomic E-state index is 10.8. The average molecular weight is 398 g/mol. The van der Waals surface area contributed by atoms with Crippen LogP contribution in [-0.2, 0) is 4.74 Å². The summed E-state index contributed by atoms with van der Waals surface area (Å²) in [4.78, 5) is 10.8. The van der Waals surface area contributed by atoms with Gasteiger partial charge in [0.2, 0.25) is 6.29 Å². The van der Waals surface area contributed by atoms with Crippen molar-refractivity contribution in [3.8, 4) is 16.9 Å². The Bertz CT molecular complexity index is 778. The second kappa shape index (κ2) is 9.82. The van der Waals surface area contributed by atoms with Crippen LogP contribution in [0.25, 0.3) is 11.1 Å². The van der Waals surface area contributed by atoms with Crippen molar-refractivity contribution in [1.29, 1.82) is 0 Å². The monoisotopic (exact) mass is 398 g/mol. The number of ether oxygens (including phenoxy) is 2. The van der Waals surface area contributed by atoms with E-state index in [1.165, 1.54) is 12.1 Å². The summed E-state index contributed by atoms with van der Waals surface area (Å²) in [5.41, 5.74) is 1.68. The molecule has 1 heterocycles. The van der Waals surface area contributed by atoms with Crippen molar-refractivity contribution in [3.05, 3.63) is 54.1 Å². The molecule has 28 heavy (non-hydrogen) atoms. The number of hydrogen-bond acceptors (Lipinski definition) is 8. The van der Waals surface area contributed by atoms with Crippen molar-refractivity contribution in [2.75, 3.05) is 6.61 Å². The van der Waals surface area contributed by atoms with Gasteiger partial charge in [0, 0.05) is 0 Å². The van der Waals surface area contributed by atoms with Gasteiger partial charge in [0.25, 0.3) is 0 Å². The molecular formula is C19H19NaO8. The standard InChI is InChI=1S/C19H20O8.Na/c20-9-14-15(21)16(22)17(23)19(27-14)26-13-7-5-11(6-8-13)10-1-3-12(4-2-10)18(24)25;/h1-8,14-17,19-23H,9H2,(H,24,25);/q;+1/p-1/t14-,15-,16+,17+,19+;/m1./s1. The van der Waals surface area contributed by atoms with Gasteiger partial charge >= 0.3 is 29.6 Å². The quantitative estimate of drug-likeness (QED) is 0.373. The van der Waals surface area contributed by atoms with Gasteiger partial charge in [-0.05, 0) is 28.8 Å². The van der Waals surface area contributed by atoms with Gasteiger partial charge in [-0.15, -0.1) is 0 Å². The van der Waals surface area contributed by atoms with Crippen molar-refractivity contribution in [3.63, 3.8) is 0 Å². The molecule has 0 aromatic heterocycles. The van der Waals surface area contributed by atoms with Crippen molar-refractivity contribution < 1.29 is 69.4 Å². The number of carboxylic acid groups (broad SMARTS) is 1. The summed E-state index contributed by atoms with van der Waals surface area (Å²) >= 11 is 0. The SMILES string of the molecule is O=C([O-])c1ccc(-c2ccc(O[C@H]3O[C@H](CO)[C@@H](O)[C@H](O)[C@@H]3O)cc2)cc1.[Na+]. The maximum absolute atomic E-state index is 10.8. The van der Waals surface area contributed by atoms with Gasteiger partial charge in [-0.3, -0.25) is 0 Å². The van der Waals surface area contributed by atoms with Crippen molar-refractivity contribution in [1.82, 2.24) is 0 Å². The Balaban J connectivity index is 0.00000280. The first kappa shape index (κ1) is 22.8. The van der Waals surface area contributed by atoms with Crippen LogP contribution < -0.4 is 39.4 Å². The van der Waals surface area contributed by atoms with E-state index in [1.807, 2.05) is 0 Å². The first-order valence-electron chi connectivity index (χ1n) is 8.29. The van der Waals surface area contributed by atoms with Gasteiger partial charge in [0.1, 0.15) is 30.2 Å². The molecule has 2 aromatic rings. The van der Waals surface area contributed by atoms with Crippen LogP contribution in [0.5, 0.6) is 5.75 Å². The molecule has 0 saturated carbocycles. The van der Waals surface area contributed by atoms with E-state index in [9.17, 15) is 30.3 Å². The third kappa shape index (κ3) is 4.91. The topological polar surface area (TPSA) is 140 Å². The Morgan fingerprint density at radius 3 is 1.96 bits per heavy atom. The van der Waals surface area contributed by atoms with Crippen LogP contribution in [0.4, 0.5) is 0 Å². The van der Waals surface area contributed by atoms with Crippen molar-refractivity contribution in [2.24, 2.45) is 0 Å². The smallest absolute Gasteiger partial charge is 0.545 e. The molecule has 0 bridgehead atoms. The predicted molar refractivity (Wildman–Crippen MR) is 90.6 cm³/mol. The minimum atomic E-state index is -1.51. The zero-order valence-electron chi connectivity index (χ0n) is 15.1. The van der Waals surface area contributed by atoms with Crippen LogP contribution in [0, 0.1) is 0 Å². The third-order valence-electron chi connectivity index (χ3n) is 4.41. The van der Waals surface area contributed by atoms with Crippen molar-refractivity contribution in [2.45, 2.75) is 30.7 Å². The molecule has 0 aliphatic carbocycles. The molecule has 0 radical (unpaired) electrons. The zero-order chi connectivity index (χ0) is 19.6. The number of carboxylic acids is 1. The number of aliphatic hydroxyl groups is 4. The van der Waals surface area contributed by atoms with E-state index in [-0.39, 0.29) is 35.1 Å². The second-order valence-corrected chi connectivity index (χ2v) is 6.20. The van der Waals surface area contributed by atoms with E-state index in [2.05, 4.69) is 0 Å². The zero-order valence-corrected chi connectivity index (χ0v) is 17.1. The molecule has 0 spiro atoms. The molecule has 4 N–H and O–H groups in total. The summed E-state index contributed by atoms with van der Waals surface area (Å²) in [6.07, 6.45) is -6.75. The van der Waals surface area contributed by atoms with E-state index in [0.717, 1.165) is 11.1 Å². The maximum Gasteiger partial charge on any atom is 1.00 e. The molecule has 3 rings (SSSR count). The van der Waals surface area contributed by atoms with Gasteiger partial charge in [-0.1, -0.05) is 36.4 Å². The molecular weight excluding hydrogens is 379 g/mol. The van der Waals surface area contributed by atoms with E-state index in [0.29, 0.717) is 5.75 Å². The second-order valence-electron chi connectivity index (χ2n) is 6.20. The summed E-state index contributed by atoms with van der Waals surface area (Å²) in [5, 5.41) is 49.5. The van der Waals surface area contributed by atoms with Gasteiger partial charge in [0.05, 0.1) is 12.6 Å². The molecule has 1 fully saturated rings. The average Bonchev–Trinajstić information content (AvgIpc) is 2.69. The predicted octanol–water partition coefficient (Wildman–Crippen LogP) is -4.10. The van der Waals surface area contributed by atoms with Gasteiger partial charge in [-0.25, -0.2) is 0 Å². The summed E-state index contributed by atoms with van der Waals surface area (Å²) < 4.78 is 10.8. The Labute approximate surface area is 183 Å². The van der Waals surface area contributed by atoms with Crippen LogP contribution in [0.2, 0.25) is 0 Å². The molecule has 2 aromatic carbocycles. The molecule has 8 nitrogen and oxygen atoms in total. The van der Waals surface area contributed by atoms with Crippen LogP contribution in [0.1, 0.15) is 10.4 Å². The van der Waals surface area contributed by atoms with E-state index in [1.54, 1.807) is 36.4 Å². The Morgan fingerprint density at radius 2 is 1.46 bits per heavy atom. The van der Waals surface area contributed by atoms with E-state index in [4.69, 9.17) is 9.47 Å². The molecule has 9 heteroatoms. The summed E-state index contributed by atoms with van der Waals surface area (Å²) in [6, 6.07) is 12.9. The molecule has 1 saturated heterocycles. The fourth-order valence-corrected chi connectivity index (χ4v) is 2.82. The number of aromatic carboxylic acids is 1. The number of carbonyl (C=O) groups excluding carboxylic acids is 1. The fourth-order valence-electron chi connectivity index (χ4n) is 2.82. The molecule has 0 unspecified atom stereocenters. The van der Waals surface area contributed by atoms with E-state index < -0.39 is 43.3 Å². The number of carbonyl (C=O) groups is 1. The van der Waals surface area contributed by atoms with Crippen LogP contribution in [-0.4, -0.2) is 63.7 Å². The Hall–Kier alpha value is -1.49. The number of aliphatic hydroxyl groups excluding tert-OH is 4. The number of benzene rings is 2. The van der Waals surface area contributed by atoms with Crippen LogP contribution >= 0.6 is 0 Å². The summed E-state index contributed by atoms with van der Waals surface area (Å²) in [7, 11) is 0. The van der Waals surface area contributed by atoms with Crippen LogP contribution in [0.3, 0.4) is 0 Å². The number of rotatable bonds is 5. The van der Waals surface area contributed by atoms with Crippen LogP contribution in [0.15, 0.2) is 48.5 Å². The van der Waals surface area contributed by atoms with Crippen molar-refractivity contribution >= 4 is 5.97 Å². The van der Waals surface area contributed by atoms with Gasteiger partial charge < -0.3 is 39.8 Å². The summed E-state index contributed by atoms with van der Waals surface area (Å²) in [6.45, 7) is -0.536. The minimum absolute atomic E-state index is 0. The molecule has 1 aliphatic heterocycles. The third-order valence-corrected chi connectivity index (χ3v) is 4.41. The number of hydrogen-bond donors (Lipinski definition) is 4. The largest absolute Gasteiger partial charge is 1.00 e. The molecule has 144 valence electrons. The fraction of sp³-hybridized carbons (Fsp3) is 0.316. The minimum Gasteiger partial charge on any atom is -0.545 e. The Kier molecular flexibility index (Phi) is 7.99. The summed E-state index contributed by atoms with van der Waals surface area (Å²) in [5.74, 6) is -0.903. The molecule has 5 atom stereocenters. The normalized spacial score (nSPS) is 26.9. The first-order chi connectivity index (χ1) is 12.9. The first-order valence-corrected chi connectivity index (χ1v) is 8.29. The Morgan fingerprint density at radius 1 is 0.929 bits per heavy atom. The van der Waals surface area contributed by atoms with E-state index >= 15 is 0 Å².